The number of amides is 1. The van der Waals surface area contributed by atoms with Gasteiger partial charge in [0.1, 0.15) is 5.60 Å². The van der Waals surface area contributed by atoms with Gasteiger partial charge in [-0.1, -0.05) is 24.3 Å². The number of carbonyl (C=O) groups excluding carboxylic acids is 1. The van der Waals surface area contributed by atoms with E-state index in [2.05, 4.69) is 10.2 Å². The zero-order valence-electron chi connectivity index (χ0n) is 12.1. The van der Waals surface area contributed by atoms with Crippen LogP contribution in [-0.4, -0.2) is 11.7 Å². The Morgan fingerprint density at radius 3 is 2.11 bits per heavy atom. The van der Waals surface area contributed by atoms with Gasteiger partial charge in [0.05, 0.1) is 12.1 Å². The lowest BCUT2D eigenvalue weighted by molar-refractivity contribution is 0.0470. The standard InChI is InChI=1S/C15H20N2O2/c1-14(2,3)19-13(18)17-15(4,5)11-7-9-12(16-6)10-8-11/h7-10H,1-5H3,(H,17,18). The average Bonchev–Trinajstić information content (AvgIpc) is 2.25. The molecule has 0 aliphatic rings. The van der Waals surface area contributed by atoms with Crippen molar-refractivity contribution in [2.75, 3.05) is 0 Å². The molecular weight excluding hydrogens is 240 g/mol. The monoisotopic (exact) mass is 260 g/mol. The molecule has 4 nitrogen and oxygen atoms in total. The zero-order valence-corrected chi connectivity index (χ0v) is 12.1. The van der Waals surface area contributed by atoms with Crippen molar-refractivity contribution in [3.63, 3.8) is 0 Å². The van der Waals surface area contributed by atoms with Gasteiger partial charge in [-0.15, -0.1) is 0 Å². The first kappa shape index (κ1) is 15.0. The topological polar surface area (TPSA) is 42.7 Å². The number of benzene rings is 1. The van der Waals surface area contributed by atoms with Crippen LogP contribution < -0.4 is 5.32 Å². The summed E-state index contributed by atoms with van der Waals surface area (Å²) < 4.78 is 5.24. The van der Waals surface area contributed by atoms with E-state index in [1.165, 1.54) is 0 Å². The van der Waals surface area contributed by atoms with Crippen molar-refractivity contribution in [1.82, 2.24) is 5.32 Å². The van der Waals surface area contributed by atoms with Crippen LogP contribution in [0, 0.1) is 6.57 Å². The van der Waals surface area contributed by atoms with Crippen LogP contribution in [0.5, 0.6) is 0 Å². The van der Waals surface area contributed by atoms with Crippen molar-refractivity contribution >= 4 is 11.8 Å². The van der Waals surface area contributed by atoms with E-state index in [0.717, 1.165) is 5.56 Å². The molecule has 1 aromatic carbocycles. The summed E-state index contributed by atoms with van der Waals surface area (Å²) >= 11 is 0. The first-order chi connectivity index (χ1) is 8.64. The first-order valence-corrected chi connectivity index (χ1v) is 6.13. The Kier molecular flexibility index (Phi) is 4.21. The summed E-state index contributed by atoms with van der Waals surface area (Å²) in [6, 6.07) is 7.15. The highest BCUT2D eigenvalue weighted by atomic mass is 16.6. The van der Waals surface area contributed by atoms with E-state index < -0.39 is 17.2 Å². The van der Waals surface area contributed by atoms with Crippen molar-refractivity contribution in [3.8, 4) is 0 Å². The largest absolute Gasteiger partial charge is 0.444 e. The fraction of sp³-hybridized carbons (Fsp3) is 0.467. The second-order valence-electron chi connectivity index (χ2n) is 5.91. The molecule has 1 N–H and O–H groups in total. The molecule has 1 rings (SSSR count). The number of carbonyl (C=O) groups is 1. The van der Waals surface area contributed by atoms with Crippen LogP contribution in [0.25, 0.3) is 4.85 Å². The maximum atomic E-state index is 11.8. The molecule has 0 saturated carbocycles. The van der Waals surface area contributed by atoms with Crippen LogP contribution >= 0.6 is 0 Å². The van der Waals surface area contributed by atoms with Crippen molar-refractivity contribution < 1.29 is 9.53 Å². The Morgan fingerprint density at radius 1 is 1.16 bits per heavy atom. The molecule has 1 aromatic rings. The van der Waals surface area contributed by atoms with Gasteiger partial charge in [0.15, 0.2) is 5.69 Å². The number of hydrogen-bond donors (Lipinski definition) is 1. The quantitative estimate of drug-likeness (QED) is 0.817. The summed E-state index contributed by atoms with van der Waals surface area (Å²) in [7, 11) is 0. The predicted molar refractivity (Wildman–Crippen MR) is 75.1 cm³/mol. The number of alkyl carbamates (subject to hydrolysis) is 1. The molecule has 102 valence electrons. The zero-order chi connectivity index (χ0) is 14.7. The Labute approximate surface area is 114 Å². The summed E-state index contributed by atoms with van der Waals surface area (Å²) in [5.41, 5.74) is 0.430. The Bertz CT molecular complexity index is 490. The average molecular weight is 260 g/mol. The molecule has 0 heterocycles. The summed E-state index contributed by atoms with van der Waals surface area (Å²) in [5.74, 6) is 0. The van der Waals surface area contributed by atoms with Crippen molar-refractivity contribution in [2.24, 2.45) is 0 Å². The van der Waals surface area contributed by atoms with E-state index in [-0.39, 0.29) is 0 Å². The first-order valence-electron chi connectivity index (χ1n) is 6.13. The number of hydrogen-bond acceptors (Lipinski definition) is 2. The summed E-state index contributed by atoms with van der Waals surface area (Å²) in [4.78, 5) is 15.1. The molecule has 0 saturated heterocycles. The molecule has 0 spiro atoms. The van der Waals surface area contributed by atoms with E-state index in [1.807, 2.05) is 46.8 Å². The molecule has 0 unspecified atom stereocenters. The summed E-state index contributed by atoms with van der Waals surface area (Å²) in [5, 5.41) is 2.83. The third kappa shape index (κ3) is 4.63. The van der Waals surface area contributed by atoms with E-state index in [4.69, 9.17) is 11.3 Å². The lowest BCUT2D eigenvalue weighted by Gasteiger charge is -2.29. The number of nitrogens with one attached hydrogen (secondary N) is 1. The van der Waals surface area contributed by atoms with Crippen LogP contribution in [0.1, 0.15) is 40.2 Å². The maximum absolute atomic E-state index is 11.8. The summed E-state index contributed by atoms with van der Waals surface area (Å²) in [6.07, 6.45) is -0.452. The highest BCUT2D eigenvalue weighted by Gasteiger charge is 2.25. The maximum Gasteiger partial charge on any atom is 0.408 e. The molecule has 0 aromatic heterocycles. The van der Waals surface area contributed by atoms with Crippen molar-refractivity contribution in [3.05, 3.63) is 41.2 Å². The molecule has 0 bridgehead atoms. The van der Waals surface area contributed by atoms with Gasteiger partial charge >= 0.3 is 6.09 Å². The number of ether oxygens (including phenoxy) is 1. The van der Waals surface area contributed by atoms with Crippen LogP contribution in [0.15, 0.2) is 24.3 Å². The fourth-order valence-corrected chi connectivity index (χ4v) is 1.58. The SMILES string of the molecule is [C-]#[N+]c1ccc(C(C)(C)NC(=O)OC(C)(C)C)cc1. The third-order valence-corrected chi connectivity index (χ3v) is 2.53. The van der Waals surface area contributed by atoms with E-state index in [1.54, 1.807) is 12.1 Å². The highest BCUT2D eigenvalue weighted by molar-refractivity contribution is 5.69. The van der Waals surface area contributed by atoms with Gasteiger partial charge in [-0.25, -0.2) is 9.64 Å². The van der Waals surface area contributed by atoms with Gasteiger partial charge in [-0.2, -0.15) is 0 Å². The Hall–Kier alpha value is -2.02. The van der Waals surface area contributed by atoms with Gasteiger partial charge in [-0.05, 0) is 40.2 Å². The molecule has 4 heteroatoms. The minimum atomic E-state index is -0.553. The van der Waals surface area contributed by atoms with Crippen LogP contribution in [0.4, 0.5) is 10.5 Å². The van der Waals surface area contributed by atoms with Crippen LogP contribution in [0.2, 0.25) is 0 Å². The molecule has 19 heavy (non-hydrogen) atoms. The molecule has 0 radical (unpaired) electrons. The Morgan fingerprint density at radius 2 is 1.68 bits per heavy atom. The van der Waals surface area contributed by atoms with Crippen LogP contribution in [0.3, 0.4) is 0 Å². The minimum absolute atomic E-state index is 0.452. The van der Waals surface area contributed by atoms with Gasteiger partial charge in [0.25, 0.3) is 0 Å². The van der Waals surface area contributed by atoms with E-state index in [0.29, 0.717) is 5.69 Å². The lowest BCUT2D eigenvalue weighted by atomic mass is 9.94. The van der Waals surface area contributed by atoms with E-state index in [9.17, 15) is 4.79 Å². The fourth-order valence-electron chi connectivity index (χ4n) is 1.58. The highest BCUT2D eigenvalue weighted by Crippen LogP contribution is 2.23. The third-order valence-electron chi connectivity index (χ3n) is 2.53. The minimum Gasteiger partial charge on any atom is -0.444 e. The molecule has 0 aliphatic heterocycles. The predicted octanol–water partition coefficient (Wildman–Crippen LogP) is 4.00. The van der Waals surface area contributed by atoms with Gasteiger partial charge < -0.3 is 10.1 Å². The Balaban J connectivity index is 2.80. The molecule has 0 aliphatic carbocycles. The molecule has 1 amide bonds. The lowest BCUT2D eigenvalue weighted by Crippen LogP contribution is -2.43. The number of nitrogens with zero attached hydrogens (tertiary/aromatic N) is 1. The second kappa shape index (κ2) is 5.31. The molecular formula is C15H20N2O2. The van der Waals surface area contributed by atoms with Crippen molar-refractivity contribution in [2.45, 2.75) is 45.8 Å². The van der Waals surface area contributed by atoms with Gasteiger partial charge in [-0.3, -0.25) is 0 Å². The molecule has 0 atom stereocenters. The molecule has 0 fully saturated rings. The van der Waals surface area contributed by atoms with Crippen molar-refractivity contribution in [1.29, 1.82) is 0 Å². The van der Waals surface area contributed by atoms with Crippen LogP contribution in [-0.2, 0) is 10.3 Å². The number of rotatable bonds is 2. The second-order valence-corrected chi connectivity index (χ2v) is 5.91. The smallest absolute Gasteiger partial charge is 0.408 e. The van der Waals surface area contributed by atoms with E-state index >= 15 is 0 Å². The van der Waals surface area contributed by atoms with Gasteiger partial charge in [0.2, 0.25) is 0 Å². The van der Waals surface area contributed by atoms with Gasteiger partial charge in [0, 0.05) is 0 Å². The normalized spacial score (nSPS) is 11.6. The summed E-state index contributed by atoms with van der Waals surface area (Å²) in [6.45, 7) is 16.2.